The van der Waals surface area contributed by atoms with Gasteiger partial charge in [0.15, 0.2) is 0 Å². The zero-order chi connectivity index (χ0) is 9.90. The van der Waals surface area contributed by atoms with Crippen molar-refractivity contribution in [1.29, 1.82) is 0 Å². The van der Waals surface area contributed by atoms with Crippen molar-refractivity contribution < 1.29 is 0 Å². The van der Waals surface area contributed by atoms with Crippen LogP contribution in [0.2, 0.25) is 0 Å². The molecule has 2 nitrogen and oxygen atoms in total. The molecule has 0 spiro atoms. The molecule has 1 rings (SSSR count). The molecular weight excluding hydrogens is 160 g/mol. The minimum absolute atomic E-state index is 0.439. The molecule has 1 aliphatic carbocycles. The van der Waals surface area contributed by atoms with Crippen LogP contribution in [-0.4, -0.2) is 12.3 Å². The highest BCUT2D eigenvalue weighted by atomic mass is 15.3. The quantitative estimate of drug-likeness (QED) is 0.403. The second-order valence-corrected chi connectivity index (χ2v) is 4.70. The molecule has 0 aromatic rings. The van der Waals surface area contributed by atoms with Crippen molar-refractivity contribution in [2.45, 2.75) is 33.6 Å². The highest BCUT2D eigenvalue weighted by Gasteiger charge is 2.33. The Morgan fingerprint density at radius 3 is 2.85 bits per heavy atom. The van der Waals surface area contributed by atoms with E-state index in [9.17, 15) is 0 Å². The minimum Gasteiger partial charge on any atom is -0.306 e. The first-order valence-electron chi connectivity index (χ1n) is 4.95. The highest BCUT2D eigenvalue weighted by Crippen LogP contribution is 2.38. The van der Waals surface area contributed by atoms with Gasteiger partial charge in [-0.15, -0.1) is 6.58 Å². The first-order chi connectivity index (χ1) is 6.05. The zero-order valence-corrected chi connectivity index (χ0v) is 8.93. The fraction of sp³-hybridized carbons (Fsp3) is 0.727. The van der Waals surface area contributed by atoms with E-state index in [-0.39, 0.29) is 0 Å². The van der Waals surface area contributed by atoms with Gasteiger partial charge in [0, 0.05) is 5.71 Å². The van der Waals surface area contributed by atoms with Crippen LogP contribution >= 0.6 is 0 Å². The van der Waals surface area contributed by atoms with Crippen molar-refractivity contribution in [2.24, 2.45) is 16.4 Å². The Morgan fingerprint density at radius 2 is 2.38 bits per heavy atom. The van der Waals surface area contributed by atoms with E-state index in [1.807, 2.05) is 6.08 Å². The lowest BCUT2D eigenvalue weighted by Gasteiger charge is -2.14. The molecule has 0 aromatic heterocycles. The molecule has 0 radical (unpaired) electrons. The molecule has 0 saturated heterocycles. The van der Waals surface area contributed by atoms with Crippen molar-refractivity contribution >= 4 is 5.71 Å². The van der Waals surface area contributed by atoms with E-state index < -0.39 is 0 Å². The van der Waals surface area contributed by atoms with Crippen LogP contribution in [-0.2, 0) is 0 Å². The number of hydrazone groups is 1. The molecule has 74 valence electrons. The molecule has 1 atom stereocenters. The summed E-state index contributed by atoms with van der Waals surface area (Å²) >= 11 is 0. The summed E-state index contributed by atoms with van der Waals surface area (Å²) in [6, 6.07) is 0. The Hall–Kier alpha value is -0.790. The van der Waals surface area contributed by atoms with Crippen molar-refractivity contribution in [1.82, 2.24) is 5.43 Å². The predicted octanol–water partition coefficient (Wildman–Crippen LogP) is 2.57. The third kappa shape index (κ3) is 2.87. The van der Waals surface area contributed by atoms with Crippen molar-refractivity contribution in [3.05, 3.63) is 12.7 Å². The largest absolute Gasteiger partial charge is 0.306 e. The van der Waals surface area contributed by atoms with Gasteiger partial charge in [-0.3, -0.25) is 0 Å². The SMILES string of the molecule is C=CCN/N=C1\CC(C)(C)CC1C. The van der Waals surface area contributed by atoms with Crippen LogP contribution in [0.3, 0.4) is 0 Å². The van der Waals surface area contributed by atoms with Crippen LogP contribution in [0, 0.1) is 11.3 Å². The van der Waals surface area contributed by atoms with Crippen molar-refractivity contribution in [3.8, 4) is 0 Å². The summed E-state index contributed by atoms with van der Waals surface area (Å²) in [7, 11) is 0. The van der Waals surface area contributed by atoms with Crippen molar-refractivity contribution in [2.75, 3.05) is 6.54 Å². The Balaban J connectivity index is 2.51. The number of nitrogens with zero attached hydrogens (tertiary/aromatic N) is 1. The van der Waals surface area contributed by atoms with Crippen LogP contribution in [0.4, 0.5) is 0 Å². The van der Waals surface area contributed by atoms with Gasteiger partial charge in [-0.05, 0) is 24.2 Å². The second kappa shape index (κ2) is 3.95. The summed E-state index contributed by atoms with van der Waals surface area (Å²) in [5.74, 6) is 0.632. The number of nitrogens with one attached hydrogen (secondary N) is 1. The van der Waals surface area contributed by atoms with Crippen LogP contribution in [0.1, 0.15) is 33.6 Å². The van der Waals surface area contributed by atoms with E-state index in [4.69, 9.17) is 0 Å². The Bertz CT molecular complexity index is 216. The van der Waals surface area contributed by atoms with E-state index in [1.54, 1.807) is 0 Å². The number of hydrogen-bond acceptors (Lipinski definition) is 2. The predicted molar refractivity (Wildman–Crippen MR) is 57.8 cm³/mol. The summed E-state index contributed by atoms with van der Waals surface area (Å²) in [5, 5.41) is 4.38. The lowest BCUT2D eigenvalue weighted by Crippen LogP contribution is -2.12. The van der Waals surface area contributed by atoms with Gasteiger partial charge in [-0.25, -0.2) is 0 Å². The normalized spacial score (nSPS) is 29.2. The van der Waals surface area contributed by atoms with Gasteiger partial charge in [0.2, 0.25) is 0 Å². The van der Waals surface area contributed by atoms with Crippen LogP contribution in [0.5, 0.6) is 0 Å². The Kier molecular flexibility index (Phi) is 3.12. The third-order valence-corrected chi connectivity index (χ3v) is 2.55. The molecule has 1 saturated carbocycles. The molecule has 0 aliphatic heterocycles. The average Bonchev–Trinajstić information content (AvgIpc) is 2.25. The summed E-state index contributed by atoms with van der Waals surface area (Å²) in [6.07, 6.45) is 4.20. The summed E-state index contributed by atoms with van der Waals surface area (Å²) in [5.41, 5.74) is 4.77. The monoisotopic (exact) mass is 180 g/mol. The molecule has 0 aromatic carbocycles. The first-order valence-corrected chi connectivity index (χ1v) is 4.95. The van der Waals surface area contributed by atoms with Crippen LogP contribution in [0.25, 0.3) is 0 Å². The van der Waals surface area contributed by atoms with Crippen molar-refractivity contribution in [3.63, 3.8) is 0 Å². The maximum absolute atomic E-state index is 4.38. The lowest BCUT2D eigenvalue weighted by molar-refractivity contribution is 0.368. The van der Waals surface area contributed by atoms with Gasteiger partial charge in [0.25, 0.3) is 0 Å². The number of rotatable bonds is 3. The van der Waals surface area contributed by atoms with Gasteiger partial charge in [0.05, 0.1) is 6.54 Å². The lowest BCUT2D eigenvalue weighted by atomic mass is 9.91. The van der Waals surface area contributed by atoms with E-state index in [0.29, 0.717) is 11.3 Å². The maximum Gasteiger partial charge on any atom is 0.0507 e. The van der Waals surface area contributed by atoms with E-state index in [2.05, 4.69) is 37.9 Å². The van der Waals surface area contributed by atoms with Gasteiger partial charge >= 0.3 is 0 Å². The fourth-order valence-electron chi connectivity index (χ4n) is 2.04. The number of hydrogen-bond donors (Lipinski definition) is 1. The van der Waals surface area contributed by atoms with Gasteiger partial charge in [-0.1, -0.05) is 26.8 Å². The smallest absolute Gasteiger partial charge is 0.0507 e. The topological polar surface area (TPSA) is 24.4 Å². The standard InChI is InChI=1S/C11H20N2/c1-5-6-12-13-10-8-11(3,4)7-9(10)2/h5,9,12H,1,6-8H2,2-4H3/b13-10+. The molecule has 0 amide bonds. The van der Waals surface area contributed by atoms with Gasteiger partial charge in [-0.2, -0.15) is 5.10 Å². The van der Waals surface area contributed by atoms with Gasteiger partial charge in [0.1, 0.15) is 0 Å². The molecule has 2 heteroatoms. The van der Waals surface area contributed by atoms with E-state index >= 15 is 0 Å². The molecular formula is C11H20N2. The maximum atomic E-state index is 4.38. The average molecular weight is 180 g/mol. The Labute approximate surface area is 81.1 Å². The molecule has 0 heterocycles. The summed E-state index contributed by atoms with van der Waals surface area (Å²) in [4.78, 5) is 0. The summed E-state index contributed by atoms with van der Waals surface area (Å²) < 4.78 is 0. The molecule has 0 bridgehead atoms. The second-order valence-electron chi connectivity index (χ2n) is 4.70. The van der Waals surface area contributed by atoms with E-state index in [1.165, 1.54) is 12.1 Å². The zero-order valence-electron chi connectivity index (χ0n) is 8.93. The van der Waals surface area contributed by atoms with Crippen LogP contribution < -0.4 is 5.43 Å². The van der Waals surface area contributed by atoms with Gasteiger partial charge < -0.3 is 5.43 Å². The summed E-state index contributed by atoms with van der Waals surface area (Å²) in [6.45, 7) is 11.3. The molecule has 13 heavy (non-hydrogen) atoms. The first kappa shape index (κ1) is 10.3. The molecule has 1 aliphatic rings. The third-order valence-electron chi connectivity index (χ3n) is 2.55. The van der Waals surface area contributed by atoms with E-state index in [0.717, 1.165) is 13.0 Å². The highest BCUT2D eigenvalue weighted by molar-refractivity contribution is 5.88. The Morgan fingerprint density at radius 1 is 1.69 bits per heavy atom. The fourth-order valence-corrected chi connectivity index (χ4v) is 2.04. The minimum atomic E-state index is 0.439. The van der Waals surface area contributed by atoms with Crippen LogP contribution in [0.15, 0.2) is 17.8 Å². The molecule has 1 unspecified atom stereocenters. The molecule has 1 fully saturated rings. The molecule has 1 N–H and O–H groups in total.